The summed E-state index contributed by atoms with van der Waals surface area (Å²) >= 11 is 1.32. The van der Waals surface area contributed by atoms with Gasteiger partial charge >= 0.3 is 0 Å². The third-order valence-corrected chi connectivity index (χ3v) is 7.64. The molecule has 0 N–H and O–H groups in total. The number of hydrogen-bond donors (Lipinski definition) is 0. The molecule has 0 radical (unpaired) electrons. The van der Waals surface area contributed by atoms with Crippen molar-refractivity contribution in [3.8, 4) is 34.1 Å². The van der Waals surface area contributed by atoms with Crippen molar-refractivity contribution in [2.75, 3.05) is 6.61 Å². The van der Waals surface area contributed by atoms with Crippen LogP contribution in [0.2, 0.25) is 0 Å². The van der Waals surface area contributed by atoms with Gasteiger partial charge in [-0.25, -0.2) is 4.68 Å². The highest BCUT2D eigenvalue weighted by Gasteiger charge is 2.17. The number of aromatic nitrogens is 5. The van der Waals surface area contributed by atoms with Gasteiger partial charge in [-0.15, -0.1) is 5.10 Å². The first kappa shape index (κ1) is 25.7. The Hall–Kier alpha value is -4.56. The van der Waals surface area contributed by atoms with Crippen LogP contribution >= 0.6 is 11.3 Å². The third kappa shape index (κ3) is 4.94. The lowest BCUT2D eigenvalue weighted by Gasteiger charge is -2.18. The molecule has 200 valence electrons. The third-order valence-electron chi connectivity index (χ3n) is 6.68. The molecule has 0 saturated heterocycles. The zero-order valence-corrected chi connectivity index (χ0v) is 23.6. The minimum Gasteiger partial charge on any atom is -0.494 e. The van der Waals surface area contributed by atoms with Crippen molar-refractivity contribution in [2.45, 2.75) is 33.1 Å². The van der Waals surface area contributed by atoms with Gasteiger partial charge in [-0.1, -0.05) is 74.6 Å². The van der Waals surface area contributed by atoms with Gasteiger partial charge in [-0.3, -0.25) is 4.79 Å². The van der Waals surface area contributed by atoms with Crippen LogP contribution in [0.4, 0.5) is 0 Å². The van der Waals surface area contributed by atoms with Crippen molar-refractivity contribution in [3.05, 3.63) is 111 Å². The zero-order chi connectivity index (χ0) is 27.9. The Morgan fingerprint density at radius 2 is 1.60 bits per heavy atom. The normalized spacial score (nSPS) is 12.3. The van der Waals surface area contributed by atoms with E-state index in [1.54, 1.807) is 0 Å². The van der Waals surface area contributed by atoms with E-state index < -0.39 is 0 Å². The molecule has 6 aromatic rings. The summed E-state index contributed by atoms with van der Waals surface area (Å²) in [5.74, 6) is 1.35. The van der Waals surface area contributed by atoms with E-state index in [1.165, 1.54) is 21.4 Å². The maximum atomic E-state index is 13.4. The van der Waals surface area contributed by atoms with Crippen molar-refractivity contribution in [1.82, 2.24) is 24.4 Å². The van der Waals surface area contributed by atoms with E-state index in [0.717, 1.165) is 33.8 Å². The van der Waals surface area contributed by atoms with Gasteiger partial charge in [-0.05, 0) is 60.4 Å². The molecular formula is C32H29N5O2S. The topological polar surface area (TPSA) is 74.3 Å². The molecule has 6 rings (SSSR count). The van der Waals surface area contributed by atoms with Crippen molar-refractivity contribution in [2.24, 2.45) is 0 Å². The second-order valence-electron chi connectivity index (χ2n) is 10.5. The summed E-state index contributed by atoms with van der Waals surface area (Å²) in [6.07, 6.45) is 3.82. The molecule has 0 spiro atoms. The quantitative estimate of drug-likeness (QED) is 0.259. The number of nitrogens with zero attached hydrogens (tertiary/aromatic N) is 5. The van der Waals surface area contributed by atoms with Gasteiger partial charge in [0.15, 0.2) is 5.82 Å². The van der Waals surface area contributed by atoms with Gasteiger partial charge in [-0.2, -0.15) is 14.6 Å². The summed E-state index contributed by atoms with van der Waals surface area (Å²) in [6, 6.07) is 26.0. The van der Waals surface area contributed by atoms with E-state index in [2.05, 4.69) is 43.0 Å². The summed E-state index contributed by atoms with van der Waals surface area (Å²) in [7, 11) is 0. The van der Waals surface area contributed by atoms with E-state index in [0.29, 0.717) is 21.9 Å². The summed E-state index contributed by atoms with van der Waals surface area (Å²) in [4.78, 5) is 18.6. The molecule has 0 fully saturated rings. The number of hydrogen-bond acceptors (Lipinski definition) is 6. The van der Waals surface area contributed by atoms with Gasteiger partial charge in [0, 0.05) is 22.9 Å². The maximum Gasteiger partial charge on any atom is 0.291 e. The molecule has 8 heteroatoms. The van der Waals surface area contributed by atoms with Gasteiger partial charge in [0.2, 0.25) is 4.96 Å². The fraction of sp³-hybridized carbons (Fsp3) is 0.188. The van der Waals surface area contributed by atoms with E-state index in [-0.39, 0.29) is 11.0 Å². The number of fused-ring (bicyclic) bond motifs is 1. The van der Waals surface area contributed by atoms with Gasteiger partial charge in [0.05, 0.1) is 16.8 Å². The van der Waals surface area contributed by atoms with Crippen molar-refractivity contribution >= 4 is 22.4 Å². The summed E-state index contributed by atoms with van der Waals surface area (Å²) in [5.41, 5.74) is 5.44. The first-order valence-electron chi connectivity index (χ1n) is 13.2. The van der Waals surface area contributed by atoms with Crippen LogP contribution in [-0.2, 0) is 5.41 Å². The maximum absolute atomic E-state index is 13.4. The molecule has 0 amide bonds. The van der Waals surface area contributed by atoms with E-state index in [1.807, 2.05) is 90.6 Å². The van der Waals surface area contributed by atoms with Crippen molar-refractivity contribution in [3.63, 3.8) is 0 Å². The number of ether oxygens (including phenoxy) is 1. The smallest absolute Gasteiger partial charge is 0.291 e. The fourth-order valence-corrected chi connectivity index (χ4v) is 5.42. The van der Waals surface area contributed by atoms with Crippen molar-refractivity contribution in [1.29, 1.82) is 0 Å². The molecule has 3 heterocycles. The molecule has 0 aliphatic carbocycles. The average molecular weight is 548 g/mol. The molecule has 7 nitrogen and oxygen atoms in total. The highest BCUT2D eigenvalue weighted by atomic mass is 32.1. The van der Waals surface area contributed by atoms with Crippen LogP contribution in [0, 0.1) is 0 Å². The molecule has 0 unspecified atom stereocenters. The predicted molar refractivity (Wildman–Crippen MR) is 160 cm³/mol. The van der Waals surface area contributed by atoms with Gasteiger partial charge in [0.1, 0.15) is 11.4 Å². The minimum absolute atomic E-state index is 0.0614. The predicted octanol–water partition coefficient (Wildman–Crippen LogP) is 5.91. The molecule has 0 atom stereocenters. The standard InChI is InChI=1S/C32H29N5O2S/c1-5-39-26-17-13-21(14-18-26)28-23(20-36(34-28)25-9-7-6-8-10-25)19-27-30(38)37-31(40-27)33-29(35-37)22-11-15-24(16-12-22)32(2,3)4/h6-20H,5H2,1-4H3/b27-19+. The highest BCUT2D eigenvalue weighted by molar-refractivity contribution is 7.15. The lowest BCUT2D eigenvalue weighted by atomic mass is 9.87. The summed E-state index contributed by atoms with van der Waals surface area (Å²) < 4.78 is 9.38. The molecule has 0 aliphatic heterocycles. The monoisotopic (exact) mass is 547 g/mol. The first-order valence-corrected chi connectivity index (χ1v) is 14.0. The molecule has 0 saturated carbocycles. The Morgan fingerprint density at radius 1 is 0.900 bits per heavy atom. The highest BCUT2D eigenvalue weighted by Crippen LogP contribution is 2.27. The Morgan fingerprint density at radius 3 is 2.25 bits per heavy atom. The molecule has 3 aromatic heterocycles. The van der Waals surface area contributed by atoms with Crippen LogP contribution in [-0.4, -0.2) is 31.0 Å². The fourth-order valence-electron chi connectivity index (χ4n) is 4.52. The molecule has 0 bridgehead atoms. The number of thiazole rings is 1. The van der Waals surface area contributed by atoms with E-state index >= 15 is 0 Å². The molecular weight excluding hydrogens is 518 g/mol. The van der Waals surface area contributed by atoms with Crippen LogP contribution in [0.3, 0.4) is 0 Å². The van der Waals surface area contributed by atoms with Crippen LogP contribution in [0.1, 0.15) is 38.8 Å². The Balaban J connectivity index is 1.41. The van der Waals surface area contributed by atoms with Gasteiger partial charge in [0.25, 0.3) is 5.56 Å². The van der Waals surface area contributed by atoms with Crippen LogP contribution in [0.5, 0.6) is 5.75 Å². The molecule has 40 heavy (non-hydrogen) atoms. The average Bonchev–Trinajstić information content (AvgIpc) is 3.65. The van der Waals surface area contributed by atoms with Crippen LogP contribution in [0.15, 0.2) is 89.9 Å². The van der Waals surface area contributed by atoms with Crippen LogP contribution in [0.25, 0.3) is 39.4 Å². The minimum atomic E-state index is -0.199. The molecule has 3 aromatic carbocycles. The zero-order valence-electron chi connectivity index (χ0n) is 22.8. The Bertz CT molecular complexity index is 1900. The molecule has 0 aliphatic rings. The number of benzene rings is 3. The lowest BCUT2D eigenvalue weighted by molar-refractivity contribution is 0.340. The number of rotatable bonds is 6. The summed E-state index contributed by atoms with van der Waals surface area (Å²) in [6.45, 7) is 9.10. The van der Waals surface area contributed by atoms with Gasteiger partial charge < -0.3 is 4.74 Å². The van der Waals surface area contributed by atoms with E-state index in [4.69, 9.17) is 9.84 Å². The first-order chi connectivity index (χ1) is 19.3. The second-order valence-corrected chi connectivity index (χ2v) is 11.6. The second kappa shape index (κ2) is 10.2. The Labute approximate surface area is 236 Å². The Kier molecular flexibility index (Phi) is 6.56. The number of para-hydroxylation sites is 1. The largest absolute Gasteiger partial charge is 0.494 e. The summed E-state index contributed by atoms with van der Waals surface area (Å²) in [5, 5.41) is 9.43. The lowest BCUT2D eigenvalue weighted by Crippen LogP contribution is -2.23. The van der Waals surface area contributed by atoms with Crippen molar-refractivity contribution < 1.29 is 4.74 Å². The van der Waals surface area contributed by atoms with Crippen LogP contribution < -0.4 is 14.8 Å². The SMILES string of the molecule is CCOc1ccc(-c2nn(-c3ccccc3)cc2/C=c2/sc3nc(-c4ccc(C(C)(C)C)cc4)nn3c2=O)cc1. The van der Waals surface area contributed by atoms with E-state index in [9.17, 15) is 4.79 Å².